The van der Waals surface area contributed by atoms with E-state index >= 15 is 0 Å². The molecule has 0 aromatic heterocycles. The minimum absolute atomic E-state index is 0.000395. The highest BCUT2D eigenvalue weighted by Gasteiger charge is 2.24. The SMILES string of the molecule is CC(CN(CCCc1ccccc1)C(C)(C)C)C(=O)O. The van der Waals surface area contributed by atoms with Crippen LogP contribution in [0.25, 0.3) is 0 Å². The summed E-state index contributed by atoms with van der Waals surface area (Å²) in [5.74, 6) is -1.05. The zero-order chi connectivity index (χ0) is 15.2. The van der Waals surface area contributed by atoms with Gasteiger partial charge in [0.25, 0.3) is 0 Å². The molecule has 3 nitrogen and oxygen atoms in total. The third-order valence-corrected chi connectivity index (χ3v) is 3.60. The number of rotatable bonds is 7. The molecule has 1 rings (SSSR count). The molecule has 0 spiro atoms. The van der Waals surface area contributed by atoms with Crippen molar-refractivity contribution in [2.45, 2.75) is 46.1 Å². The zero-order valence-electron chi connectivity index (χ0n) is 13.1. The van der Waals surface area contributed by atoms with Gasteiger partial charge in [0.15, 0.2) is 0 Å². The molecule has 1 aromatic rings. The molecule has 20 heavy (non-hydrogen) atoms. The normalized spacial score (nSPS) is 13.4. The molecule has 112 valence electrons. The minimum Gasteiger partial charge on any atom is -0.481 e. The van der Waals surface area contributed by atoms with Gasteiger partial charge in [-0.2, -0.15) is 0 Å². The molecule has 1 N–H and O–H groups in total. The van der Waals surface area contributed by atoms with Gasteiger partial charge in [-0.05, 0) is 45.7 Å². The summed E-state index contributed by atoms with van der Waals surface area (Å²) in [6, 6.07) is 10.4. The summed E-state index contributed by atoms with van der Waals surface area (Å²) in [6.45, 7) is 9.74. The van der Waals surface area contributed by atoms with Gasteiger partial charge in [-0.25, -0.2) is 0 Å². The Morgan fingerprint density at radius 1 is 1.25 bits per heavy atom. The molecule has 1 unspecified atom stereocenters. The third kappa shape index (κ3) is 5.74. The first kappa shape index (κ1) is 16.7. The van der Waals surface area contributed by atoms with E-state index in [4.69, 9.17) is 5.11 Å². The van der Waals surface area contributed by atoms with Crippen molar-refractivity contribution in [3.63, 3.8) is 0 Å². The van der Waals surface area contributed by atoms with E-state index < -0.39 is 5.97 Å². The predicted octanol–water partition coefficient (Wildman–Crippen LogP) is 3.44. The lowest BCUT2D eigenvalue weighted by atomic mass is 10.0. The van der Waals surface area contributed by atoms with Gasteiger partial charge in [-0.3, -0.25) is 9.69 Å². The summed E-state index contributed by atoms with van der Waals surface area (Å²) in [5, 5.41) is 9.07. The summed E-state index contributed by atoms with van der Waals surface area (Å²) in [4.78, 5) is 13.3. The first-order valence-corrected chi connectivity index (χ1v) is 7.32. The van der Waals surface area contributed by atoms with Crippen LogP contribution in [-0.2, 0) is 11.2 Å². The molecule has 0 radical (unpaired) electrons. The van der Waals surface area contributed by atoms with E-state index in [0.29, 0.717) is 6.54 Å². The van der Waals surface area contributed by atoms with Crippen LogP contribution < -0.4 is 0 Å². The lowest BCUT2D eigenvalue weighted by Gasteiger charge is -2.36. The number of hydrogen-bond donors (Lipinski definition) is 1. The summed E-state index contributed by atoms with van der Waals surface area (Å²) in [6.07, 6.45) is 2.09. The molecule has 0 aliphatic heterocycles. The second kappa shape index (κ2) is 7.44. The number of carboxylic acids is 1. The Balaban J connectivity index is 2.51. The van der Waals surface area contributed by atoms with Gasteiger partial charge >= 0.3 is 5.97 Å². The summed E-state index contributed by atoms with van der Waals surface area (Å²) in [7, 11) is 0. The van der Waals surface area contributed by atoms with Crippen molar-refractivity contribution >= 4 is 5.97 Å². The van der Waals surface area contributed by atoms with Crippen LogP contribution in [0.3, 0.4) is 0 Å². The maximum Gasteiger partial charge on any atom is 0.307 e. The van der Waals surface area contributed by atoms with Gasteiger partial charge in [0, 0.05) is 12.1 Å². The standard InChI is InChI=1S/C17H27NO2/c1-14(16(19)20)13-18(17(2,3)4)12-8-11-15-9-6-5-7-10-15/h5-7,9-10,14H,8,11-13H2,1-4H3,(H,19,20). The third-order valence-electron chi connectivity index (χ3n) is 3.60. The Morgan fingerprint density at radius 2 is 1.85 bits per heavy atom. The topological polar surface area (TPSA) is 40.5 Å². The Labute approximate surface area is 122 Å². The Morgan fingerprint density at radius 3 is 2.35 bits per heavy atom. The van der Waals surface area contributed by atoms with Crippen molar-refractivity contribution in [3.8, 4) is 0 Å². The molecule has 0 saturated carbocycles. The molecule has 1 atom stereocenters. The van der Waals surface area contributed by atoms with Crippen LogP contribution >= 0.6 is 0 Å². The fourth-order valence-corrected chi connectivity index (χ4v) is 2.23. The van der Waals surface area contributed by atoms with Crippen LogP contribution in [-0.4, -0.2) is 34.6 Å². The van der Waals surface area contributed by atoms with Crippen LogP contribution in [0.1, 0.15) is 39.7 Å². The average molecular weight is 277 g/mol. The van der Waals surface area contributed by atoms with Crippen molar-refractivity contribution < 1.29 is 9.90 Å². The van der Waals surface area contributed by atoms with Crippen LogP contribution in [0.4, 0.5) is 0 Å². The van der Waals surface area contributed by atoms with Crippen LogP contribution in [0.15, 0.2) is 30.3 Å². The monoisotopic (exact) mass is 277 g/mol. The van der Waals surface area contributed by atoms with Crippen LogP contribution in [0.5, 0.6) is 0 Å². The molecular weight excluding hydrogens is 250 g/mol. The number of carbonyl (C=O) groups is 1. The lowest BCUT2D eigenvalue weighted by Crippen LogP contribution is -2.45. The Kier molecular flexibility index (Phi) is 6.21. The summed E-state index contributed by atoms with van der Waals surface area (Å²) in [5.41, 5.74) is 1.34. The molecule has 0 amide bonds. The highest BCUT2D eigenvalue weighted by Crippen LogP contribution is 2.17. The quantitative estimate of drug-likeness (QED) is 0.830. The minimum atomic E-state index is -0.720. The largest absolute Gasteiger partial charge is 0.481 e. The first-order chi connectivity index (χ1) is 9.30. The molecule has 0 fully saturated rings. The fraction of sp³-hybridized carbons (Fsp3) is 0.588. The molecule has 0 saturated heterocycles. The van der Waals surface area contributed by atoms with Crippen molar-refractivity contribution in [1.82, 2.24) is 4.90 Å². The van der Waals surface area contributed by atoms with E-state index in [1.54, 1.807) is 6.92 Å². The van der Waals surface area contributed by atoms with E-state index in [-0.39, 0.29) is 11.5 Å². The zero-order valence-corrected chi connectivity index (χ0v) is 13.1. The molecule has 3 heteroatoms. The Bertz CT molecular complexity index is 409. The maximum atomic E-state index is 11.0. The molecule has 0 bridgehead atoms. The van der Waals surface area contributed by atoms with E-state index in [2.05, 4.69) is 49.9 Å². The van der Waals surface area contributed by atoms with E-state index in [9.17, 15) is 4.79 Å². The number of carboxylic acid groups (broad SMARTS) is 1. The van der Waals surface area contributed by atoms with E-state index in [1.165, 1.54) is 5.56 Å². The molecule has 1 aromatic carbocycles. The van der Waals surface area contributed by atoms with Crippen molar-refractivity contribution in [2.75, 3.05) is 13.1 Å². The van der Waals surface area contributed by atoms with Gasteiger partial charge in [-0.1, -0.05) is 37.3 Å². The van der Waals surface area contributed by atoms with Gasteiger partial charge in [0.1, 0.15) is 0 Å². The van der Waals surface area contributed by atoms with Gasteiger partial charge in [0.05, 0.1) is 5.92 Å². The second-order valence-corrected chi connectivity index (χ2v) is 6.45. The van der Waals surface area contributed by atoms with E-state index in [1.807, 2.05) is 6.07 Å². The van der Waals surface area contributed by atoms with Gasteiger partial charge < -0.3 is 5.11 Å². The van der Waals surface area contributed by atoms with Crippen LogP contribution in [0, 0.1) is 5.92 Å². The maximum absolute atomic E-state index is 11.0. The van der Waals surface area contributed by atoms with Gasteiger partial charge in [0.2, 0.25) is 0 Å². The molecule has 0 aliphatic rings. The molecule has 0 aliphatic carbocycles. The Hall–Kier alpha value is -1.35. The van der Waals surface area contributed by atoms with Crippen LogP contribution in [0.2, 0.25) is 0 Å². The van der Waals surface area contributed by atoms with Crippen molar-refractivity contribution in [1.29, 1.82) is 0 Å². The molecular formula is C17H27NO2. The number of benzene rings is 1. The summed E-state index contributed by atoms with van der Waals surface area (Å²) >= 11 is 0. The highest BCUT2D eigenvalue weighted by atomic mass is 16.4. The van der Waals surface area contributed by atoms with Gasteiger partial charge in [-0.15, -0.1) is 0 Å². The predicted molar refractivity (Wildman–Crippen MR) is 82.9 cm³/mol. The summed E-state index contributed by atoms with van der Waals surface area (Å²) < 4.78 is 0. The number of nitrogens with zero attached hydrogens (tertiary/aromatic N) is 1. The van der Waals surface area contributed by atoms with Crippen molar-refractivity contribution in [3.05, 3.63) is 35.9 Å². The fourth-order valence-electron chi connectivity index (χ4n) is 2.23. The number of hydrogen-bond acceptors (Lipinski definition) is 2. The highest BCUT2D eigenvalue weighted by molar-refractivity contribution is 5.69. The second-order valence-electron chi connectivity index (χ2n) is 6.45. The molecule has 0 heterocycles. The smallest absolute Gasteiger partial charge is 0.307 e. The average Bonchev–Trinajstić information content (AvgIpc) is 2.37. The first-order valence-electron chi connectivity index (χ1n) is 7.32. The number of aryl methyl sites for hydroxylation is 1. The van der Waals surface area contributed by atoms with E-state index in [0.717, 1.165) is 19.4 Å². The number of aliphatic carboxylic acids is 1. The van der Waals surface area contributed by atoms with Crippen molar-refractivity contribution in [2.24, 2.45) is 5.92 Å². The lowest BCUT2D eigenvalue weighted by molar-refractivity contribution is -0.142.